The van der Waals surface area contributed by atoms with Gasteiger partial charge in [-0.3, -0.25) is 9.98 Å². The van der Waals surface area contributed by atoms with E-state index in [1.165, 1.54) is 6.20 Å². The predicted octanol–water partition coefficient (Wildman–Crippen LogP) is 3.13. The summed E-state index contributed by atoms with van der Waals surface area (Å²) in [5, 5.41) is 13.8. The van der Waals surface area contributed by atoms with Crippen LogP contribution in [-0.4, -0.2) is 48.4 Å². The molecular formula is C19H21FN4O2. The monoisotopic (exact) mass is 356 g/mol. The van der Waals surface area contributed by atoms with Gasteiger partial charge in [0, 0.05) is 17.8 Å². The molecule has 136 valence electrons. The summed E-state index contributed by atoms with van der Waals surface area (Å²) < 4.78 is 19.3. The Bertz CT molecular complexity index is 847. The smallest absolute Gasteiger partial charge is 0.145 e. The molecule has 0 unspecified atom stereocenters. The van der Waals surface area contributed by atoms with Gasteiger partial charge in [-0.1, -0.05) is 0 Å². The van der Waals surface area contributed by atoms with E-state index in [0.29, 0.717) is 36.7 Å². The number of pyridine rings is 1. The zero-order valence-electron chi connectivity index (χ0n) is 14.4. The summed E-state index contributed by atoms with van der Waals surface area (Å²) in [6.45, 7) is 3.81. The summed E-state index contributed by atoms with van der Waals surface area (Å²) in [6.07, 6.45) is 5.91. The lowest BCUT2D eigenvalue weighted by Crippen LogP contribution is -2.13. The number of nitrogens with one attached hydrogen (secondary N) is 1. The van der Waals surface area contributed by atoms with Crippen LogP contribution < -0.4 is 10.1 Å². The van der Waals surface area contributed by atoms with Crippen LogP contribution in [0.5, 0.6) is 5.75 Å². The van der Waals surface area contributed by atoms with Gasteiger partial charge in [0.05, 0.1) is 25.0 Å². The van der Waals surface area contributed by atoms with Crippen LogP contribution in [0, 0.1) is 0 Å². The van der Waals surface area contributed by atoms with E-state index in [1.807, 2.05) is 18.2 Å². The van der Waals surface area contributed by atoms with Crippen LogP contribution in [-0.2, 0) is 0 Å². The molecule has 26 heavy (non-hydrogen) atoms. The van der Waals surface area contributed by atoms with Crippen LogP contribution in [0.25, 0.3) is 10.8 Å². The van der Waals surface area contributed by atoms with Crippen molar-refractivity contribution in [1.29, 1.82) is 0 Å². The van der Waals surface area contributed by atoms with Crippen molar-refractivity contribution >= 4 is 29.5 Å². The number of aliphatic hydroxyl groups is 1. The number of aliphatic hydroxyl groups excluding tert-OH is 1. The summed E-state index contributed by atoms with van der Waals surface area (Å²) in [4.78, 5) is 12.2. The second-order valence-electron chi connectivity index (χ2n) is 6.13. The number of aromatic nitrogens is 1. The predicted molar refractivity (Wildman–Crippen MR) is 102 cm³/mol. The average Bonchev–Trinajstić information content (AvgIpc) is 3.38. The lowest BCUT2D eigenvalue weighted by Gasteiger charge is -2.12. The standard InChI is InChI=1S/C19H21FN4O2/c1-21-11-15(12-22-8-9-25)24-18-17-3-2-16(10-14(17)4-7-23-18)26-13-19(20)5-6-19/h2-4,7,10-12,25H,1,5-6,8-9,13H2,(H,23,24)/b15-11+,22-12-. The highest BCUT2D eigenvalue weighted by Gasteiger charge is 2.44. The van der Waals surface area contributed by atoms with Gasteiger partial charge in [-0.2, -0.15) is 0 Å². The van der Waals surface area contributed by atoms with Crippen molar-refractivity contribution in [2.75, 3.05) is 25.1 Å². The number of allylic oxidation sites excluding steroid dienone is 1. The van der Waals surface area contributed by atoms with Crippen LogP contribution in [0.2, 0.25) is 0 Å². The van der Waals surface area contributed by atoms with E-state index >= 15 is 0 Å². The molecule has 2 aromatic rings. The Morgan fingerprint density at radius 3 is 3.00 bits per heavy atom. The van der Waals surface area contributed by atoms with Crippen molar-refractivity contribution in [1.82, 2.24) is 4.98 Å². The van der Waals surface area contributed by atoms with Gasteiger partial charge in [0.15, 0.2) is 0 Å². The van der Waals surface area contributed by atoms with Crippen molar-refractivity contribution in [3.05, 3.63) is 42.4 Å². The molecule has 7 heteroatoms. The third-order valence-electron chi connectivity index (χ3n) is 3.98. The molecule has 6 nitrogen and oxygen atoms in total. The Hall–Kier alpha value is -2.80. The molecule has 0 saturated heterocycles. The fourth-order valence-corrected chi connectivity index (χ4v) is 2.39. The van der Waals surface area contributed by atoms with Gasteiger partial charge in [-0.25, -0.2) is 9.37 Å². The third kappa shape index (κ3) is 4.64. The van der Waals surface area contributed by atoms with Crippen molar-refractivity contribution in [2.24, 2.45) is 9.98 Å². The van der Waals surface area contributed by atoms with Crippen LogP contribution in [0.1, 0.15) is 12.8 Å². The van der Waals surface area contributed by atoms with Gasteiger partial charge >= 0.3 is 0 Å². The Kier molecular flexibility index (Phi) is 5.58. The van der Waals surface area contributed by atoms with Crippen LogP contribution in [0.4, 0.5) is 10.2 Å². The first kappa shape index (κ1) is 18.0. The van der Waals surface area contributed by atoms with Crippen molar-refractivity contribution < 1.29 is 14.2 Å². The highest BCUT2D eigenvalue weighted by Crippen LogP contribution is 2.40. The molecule has 0 spiro atoms. The van der Waals surface area contributed by atoms with Crippen LogP contribution >= 0.6 is 0 Å². The first-order chi connectivity index (χ1) is 12.6. The number of halogens is 1. The Balaban J connectivity index is 1.79. The van der Waals surface area contributed by atoms with Crippen molar-refractivity contribution in [3.8, 4) is 5.75 Å². The number of rotatable bonds is 9. The molecule has 1 aromatic heterocycles. The number of benzene rings is 1. The molecule has 1 aliphatic rings. The fraction of sp³-hybridized carbons (Fsp3) is 0.316. The SMILES string of the molecule is C=N/C=C(\C=N/CCO)Nc1nccc2cc(OCC3(F)CC3)ccc12. The molecule has 1 fully saturated rings. The van der Waals surface area contributed by atoms with Gasteiger partial charge in [0.25, 0.3) is 0 Å². The van der Waals surface area contributed by atoms with Gasteiger partial charge in [0.1, 0.15) is 23.8 Å². The number of hydrogen-bond acceptors (Lipinski definition) is 6. The maximum atomic E-state index is 13.7. The Morgan fingerprint density at radius 2 is 2.27 bits per heavy atom. The largest absolute Gasteiger partial charge is 0.490 e. The topological polar surface area (TPSA) is 79.1 Å². The van der Waals surface area contributed by atoms with E-state index in [-0.39, 0.29) is 13.2 Å². The normalized spacial score (nSPS) is 16.0. The minimum Gasteiger partial charge on any atom is -0.490 e. The molecule has 1 saturated carbocycles. The lowest BCUT2D eigenvalue weighted by molar-refractivity contribution is 0.178. The van der Waals surface area contributed by atoms with E-state index in [0.717, 1.165) is 10.8 Å². The molecule has 0 bridgehead atoms. The van der Waals surface area contributed by atoms with Gasteiger partial charge in [-0.05, 0) is 49.2 Å². The quantitative estimate of drug-likeness (QED) is 0.677. The number of hydrogen-bond donors (Lipinski definition) is 2. The molecule has 2 N–H and O–H groups in total. The van der Waals surface area contributed by atoms with E-state index < -0.39 is 5.67 Å². The Morgan fingerprint density at radius 1 is 1.42 bits per heavy atom. The minimum absolute atomic E-state index is 0.0270. The second kappa shape index (κ2) is 8.05. The molecule has 1 aromatic carbocycles. The molecule has 0 atom stereocenters. The number of anilines is 1. The first-order valence-electron chi connectivity index (χ1n) is 8.38. The summed E-state index contributed by atoms with van der Waals surface area (Å²) >= 11 is 0. The van der Waals surface area contributed by atoms with Gasteiger partial charge in [-0.15, -0.1) is 0 Å². The lowest BCUT2D eigenvalue weighted by atomic mass is 10.1. The third-order valence-corrected chi connectivity index (χ3v) is 3.98. The number of alkyl halides is 1. The molecule has 3 rings (SSSR count). The molecule has 0 amide bonds. The summed E-state index contributed by atoms with van der Waals surface area (Å²) in [7, 11) is 0. The summed E-state index contributed by atoms with van der Waals surface area (Å²) in [5.74, 6) is 1.26. The zero-order valence-corrected chi connectivity index (χ0v) is 14.4. The Labute approximate surface area is 151 Å². The number of nitrogens with zero attached hydrogens (tertiary/aromatic N) is 3. The van der Waals surface area contributed by atoms with Crippen LogP contribution in [0.15, 0.2) is 52.3 Å². The molecule has 1 heterocycles. The zero-order chi connectivity index (χ0) is 18.4. The van der Waals surface area contributed by atoms with E-state index in [4.69, 9.17) is 9.84 Å². The number of aliphatic imine (C=N–C) groups is 2. The first-order valence-corrected chi connectivity index (χ1v) is 8.38. The average molecular weight is 356 g/mol. The maximum Gasteiger partial charge on any atom is 0.145 e. The maximum absolute atomic E-state index is 13.7. The molecular weight excluding hydrogens is 335 g/mol. The minimum atomic E-state index is -1.15. The highest BCUT2D eigenvalue weighted by atomic mass is 19.1. The van der Waals surface area contributed by atoms with Crippen LogP contribution in [0.3, 0.4) is 0 Å². The van der Waals surface area contributed by atoms with Crippen molar-refractivity contribution in [3.63, 3.8) is 0 Å². The van der Waals surface area contributed by atoms with Crippen molar-refractivity contribution in [2.45, 2.75) is 18.5 Å². The molecule has 1 aliphatic carbocycles. The summed E-state index contributed by atoms with van der Waals surface area (Å²) in [6, 6.07) is 7.41. The van der Waals surface area contributed by atoms with Gasteiger partial charge in [0.2, 0.25) is 0 Å². The molecule has 0 radical (unpaired) electrons. The van der Waals surface area contributed by atoms with E-state index in [9.17, 15) is 4.39 Å². The van der Waals surface area contributed by atoms with E-state index in [1.54, 1.807) is 18.5 Å². The van der Waals surface area contributed by atoms with E-state index in [2.05, 4.69) is 27.0 Å². The summed E-state index contributed by atoms with van der Waals surface area (Å²) in [5.41, 5.74) is -0.549. The number of fused-ring (bicyclic) bond motifs is 1. The second-order valence-corrected chi connectivity index (χ2v) is 6.13. The fourth-order valence-electron chi connectivity index (χ4n) is 2.39. The van der Waals surface area contributed by atoms with Gasteiger partial charge < -0.3 is 15.2 Å². The molecule has 0 aliphatic heterocycles. The number of ether oxygens (including phenoxy) is 1. The highest BCUT2D eigenvalue weighted by molar-refractivity contribution is 5.95.